The van der Waals surface area contributed by atoms with Crippen molar-refractivity contribution in [3.05, 3.63) is 28.2 Å². The lowest BCUT2D eigenvalue weighted by atomic mass is 10.3. The zero-order valence-electron chi connectivity index (χ0n) is 7.35. The molecule has 14 heavy (non-hydrogen) atoms. The molecule has 0 aromatic heterocycles. The molecule has 1 N–H and O–H groups in total. The average molecular weight is 253 g/mol. The lowest BCUT2D eigenvalue weighted by Crippen LogP contribution is -2.20. The molecular formula is C9H8Cl3NO. The summed E-state index contributed by atoms with van der Waals surface area (Å²) in [6.45, 7) is 1.59. The van der Waals surface area contributed by atoms with Crippen LogP contribution in [0.5, 0.6) is 0 Å². The van der Waals surface area contributed by atoms with E-state index < -0.39 is 5.38 Å². The minimum Gasteiger partial charge on any atom is -0.325 e. The van der Waals surface area contributed by atoms with E-state index in [0.717, 1.165) is 0 Å². The Morgan fingerprint density at radius 1 is 1.29 bits per heavy atom. The highest BCUT2D eigenvalue weighted by Gasteiger charge is 2.09. The first-order valence-electron chi connectivity index (χ1n) is 3.90. The highest BCUT2D eigenvalue weighted by molar-refractivity contribution is 6.35. The summed E-state index contributed by atoms with van der Waals surface area (Å²) >= 11 is 17.1. The first kappa shape index (κ1) is 11.6. The van der Waals surface area contributed by atoms with Crippen molar-refractivity contribution in [1.29, 1.82) is 0 Å². The molecule has 0 radical (unpaired) electrons. The van der Waals surface area contributed by atoms with Crippen molar-refractivity contribution in [3.8, 4) is 0 Å². The van der Waals surface area contributed by atoms with Crippen LogP contribution in [0.4, 0.5) is 5.69 Å². The molecule has 0 unspecified atom stereocenters. The van der Waals surface area contributed by atoms with Crippen molar-refractivity contribution in [2.45, 2.75) is 12.3 Å². The van der Waals surface area contributed by atoms with Crippen LogP contribution in [0, 0.1) is 0 Å². The van der Waals surface area contributed by atoms with Gasteiger partial charge in [0.05, 0.1) is 0 Å². The molecule has 1 aromatic carbocycles. The molecule has 0 aliphatic carbocycles. The molecule has 1 atom stereocenters. The van der Waals surface area contributed by atoms with Gasteiger partial charge in [0.1, 0.15) is 5.38 Å². The SMILES string of the molecule is C[C@@H](Cl)C(=O)Nc1cc(Cl)cc(Cl)c1. The number of benzene rings is 1. The van der Waals surface area contributed by atoms with E-state index in [0.29, 0.717) is 15.7 Å². The molecule has 1 aromatic rings. The van der Waals surface area contributed by atoms with Crippen LogP contribution in [0.15, 0.2) is 18.2 Å². The van der Waals surface area contributed by atoms with Crippen molar-refractivity contribution in [2.24, 2.45) is 0 Å². The molecule has 2 nitrogen and oxygen atoms in total. The Bertz CT molecular complexity index is 332. The van der Waals surface area contributed by atoms with E-state index in [2.05, 4.69) is 5.32 Å². The van der Waals surface area contributed by atoms with E-state index in [1.165, 1.54) is 0 Å². The van der Waals surface area contributed by atoms with Crippen molar-refractivity contribution in [3.63, 3.8) is 0 Å². The third-order valence-corrected chi connectivity index (χ3v) is 2.13. The molecule has 0 saturated carbocycles. The van der Waals surface area contributed by atoms with Gasteiger partial charge in [-0.15, -0.1) is 11.6 Å². The van der Waals surface area contributed by atoms with Crippen molar-refractivity contribution >= 4 is 46.4 Å². The van der Waals surface area contributed by atoms with Gasteiger partial charge in [0.15, 0.2) is 0 Å². The maximum absolute atomic E-state index is 11.2. The summed E-state index contributed by atoms with van der Waals surface area (Å²) in [5.41, 5.74) is 0.542. The second-order valence-corrected chi connectivity index (χ2v) is 4.29. The number of nitrogens with one attached hydrogen (secondary N) is 1. The molecule has 1 rings (SSSR count). The Balaban J connectivity index is 2.82. The molecule has 0 heterocycles. The lowest BCUT2D eigenvalue weighted by Gasteiger charge is -2.07. The van der Waals surface area contributed by atoms with Gasteiger partial charge in [-0.25, -0.2) is 0 Å². The summed E-state index contributed by atoms with van der Waals surface area (Å²) in [5, 5.41) is 2.93. The Hall–Kier alpha value is -0.440. The highest BCUT2D eigenvalue weighted by atomic mass is 35.5. The Morgan fingerprint density at radius 2 is 1.79 bits per heavy atom. The third kappa shape index (κ3) is 3.37. The minimum absolute atomic E-state index is 0.287. The molecule has 0 saturated heterocycles. The van der Waals surface area contributed by atoms with Crippen LogP contribution in [-0.2, 0) is 4.79 Å². The normalized spacial score (nSPS) is 12.3. The van der Waals surface area contributed by atoms with E-state index in [1.54, 1.807) is 25.1 Å². The number of alkyl halides is 1. The monoisotopic (exact) mass is 251 g/mol. The third-order valence-electron chi connectivity index (χ3n) is 1.49. The molecule has 0 fully saturated rings. The van der Waals surface area contributed by atoms with Crippen LogP contribution in [0.1, 0.15) is 6.92 Å². The first-order valence-corrected chi connectivity index (χ1v) is 5.09. The largest absolute Gasteiger partial charge is 0.325 e. The number of hydrogen-bond acceptors (Lipinski definition) is 1. The van der Waals surface area contributed by atoms with Crippen molar-refractivity contribution < 1.29 is 4.79 Å². The summed E-state index contributed by atoms with van der Waals surface area (Å²) in [4.78, 5) is 11.2. The summed E-state index contributed by atoms with van der Waals surface area (Å²) in [5.74, 6) is -0.287. The summed E-state index contributed by atoms with van der Waals surface area (Å²) in [7, 11) is 0. The molecule has 0 aliphatic heterocycles. The lowest BCUT2D eigenvalue weighted by molar-refractivity contribution is -0.115. The molecule has 0 aliphatic rings. The van der Waals surface area contributed by atoms with Gasteiger partial charge in [-0.1, -0.05) is 23.2 Å². The predicted molar refractivity (Wildman–Crippen MR) is 60.4 cm³/mol. The van der Waals surface area contributed by atoms with Crippen molar-refractivity contribution in [1.82, 2.24) is 0 Å². The molecule has 76 valence electrons. The maximum atomic E-state index is 11.2. The van der Waals surface area contributed by atoms with Gasteiger partial charge >= 0.3 is 0 Å². The number of amides is 1. The number of carbonyl (C=O) groups excluding carboxylic acids is 1. The molecule has 0 bridgehead atoms. The summed E-state index contributed by atoms with van der Waals surface area (Å²) in [6.07, 6.45) is 0. The van der Waals surface area contributed by atoms with Gasteiger partial charge in [0.2, 0.25) is 5.91 Å². The maximum Gasteiger partial charge on any atom is 0.242 e. The molecule has 1 amide bonds. The second kappa shape index (κ2) is 4.87. The summed E-state index contributed by atoms with van der Waals surface area (Å²) < 4.78 is 0. The van der Waals surface area contributed by atoms with E-state index in [4.69, 9.17) is 34.8 Å². The van der Waals surface area contributed by atoms with E-state index in [1.807, 2.05) is 0 Å². The van der Waals surface area contributed by atoms with E-state index in [-0.39, 0.29) is 5.91 Å². The Morgan fingerprint density at radius 3 is 2.21 bits per heavy atom. The van der Waals surface area contributed by atoms with Crippen molar-refractivity contribution in [2.75, 3.05) is 5.32 Å². The Labute approximate surface area is 97.1 Å². The fraction of sp³-hybridized carbons (Fsp3) is 0.222. The number of halogens is 3. The molecular weight excluding hydrogens is 244 g/mol. The summed E-state index contributed by atoms with van der Waals surface area (Å²) in [6, 6.07) is 4.79. The number of anilines is 1. The zero-order chi connectivity index (χ0) is 10.7. The number of hydrogen-bond donors (Lipinski definition) is 1. The highest BCUT2D eigenvalue weighted by Crippen LogP contribution is 2.22. The molecule has 0 spiro atoms. The van der Waals surface area contributed by atoms with Crippen LogP contribution in [-0.4, -0.2) is 11.3 Å². The minimum atomic E-state index is -0.590. The van der Waals surface area contributed by atoms with E-state index in [9.17, 15) is 4.79 Å². The second-order valence-electron chi connectivity index (χ2n) is 2.76. The molecule has 5 heteroatoms. The Kier molecular flexibility index (Phi) is 4.05. The van der Waals surface area contributed by atoms with Crippen LogP contribution >= 0.6 is 34.8 Å². The fourth-order valence-corrected chi connectivity index (χ4v) is 1.45. The van der Waals surface area contributed by atoms with E-state index >= 15 is 0 Å². The quantitative estimate of drug-likeness (QED) is 0.801. The number of carbonyl (C=O) groups is 1. The topological polar surface area (TPSA) is 29.1 Å². The van der Waals surface area contributed by atoms with Crippen LogP contribution < -0.4 is 5.32 Å². The van der Waals surface area contributed by atoms with Gasteiger partial charge in [-0.3, -0.25) is 4.79 Å². The average Bonchev–Trinajstić information content (AvgIpc) is 2.01. The fourth-order valence-electron chi connectivity index (χ4n) is 0.868. The zero-order valence-corrected chi connectivity index (χ0v) is 9.62. The smallest absolute Gasteiger partial charge is 0.242 e. The standard InChI is InChI=1S/C9H8Cl3NO/c1-5(10)9(14)13-8-3-6(11)2-7(12)4-8/h2-5H,1H3,(H,13,14)/t5-/m1/s1. The van der Waals surface area contributed by atoms with Gasteiger partial charge < -0.3 is 5.32 Å². The predicted octanol–water partition coefficient (Wildman–Crippen LogP) is 3.56. The van der Waals surface area contributed by atoms with Gasteiger partial charge in [-0.2, -0.15) is 0 Å². The first-order chi connectivity index (χ1) is 6.49. The van der Waals surface area contributed by atoms with Crippen LogP contribution in [0.2, 0.25) is 10.0 Å². The number of rotatable bonds is 2. The van der Waals surface area contributed by atoms with Crippen LogP contribution in [0.25, 0.3) is 0 Å². The van der Waals surface area contributed by atoms with Gasteiger partial charge in [-0.05, 0) is 25.1 Å². The van der Waals surface area contributed by atoms with Gasteiger partial charge in [0.25, 0.3) is 0 Å². The van der Waals surface area contributed by atoms with Gasteiger partial charge in [0, 0.05) is 15.7 Å². The van der Waals surface area contributed by atoms with Crippen LogP contribution in [0.3, 0.4) is 0 Å².